The van der Waals surface area contributed by atoms with Crippen LogP contribution in [-0.2, 0) is 6.54 Å². The lowest BCUT2D eigenvalue weighted by Crippen LogP contribution is -2.44. The molecule has 0 radical (unpaired) electrons. The monoisotopic (exact) mass is 209 g/mol. The molecule has 1 atom stereocenters. The number of hydrogen-bond acceptors (Lipinski definition) is 3. The zero-order valence-corrected chi connectivity index (χ0v) is 9.40. The van der Waals surface area contributed by atoms with E-state index in [0.29, 0.717) is 6.54 Å². The molecule has 0 aromatic carbocycles. The minimum Gasteiger partial charge on any atom is -0.394 e. The van der Waals surface area contributed by atoms with Gasteiger partial charge >= 0.3 is 0 Å². The quantitative estimate of drug-likeness (QED) is 0.741. The zero-order chi connectivity index (χ0) is 11.3. The Balaban J connectivity index is 2.52. The second kappa shape index (κ2) is 5.09. The highest BCUT2D eigenvalue weighted by molar-refractivity contribution is 5.17. The van der Waals surface area contributed by atoms with Crippen molar-refractivity contribution in [3.63, 3.8) is 0 Å². The van der Waals surface area contributed by atoms with Crippen LogP contribution in [0.2, 0.25) is 0 Å². The van der Waals surface area contributed by atoms with Crippen molar-refractivity contribution in [2.45, 2.75) is 32.4 Å². The van der Waals surface area contributed by atoms with Gasteiger partial charge in [-0.05, 0) is 13.3 Å². The number of aliphatic hydroxyl groups excluding tert-OH is 1. The van der Waals surface area contributed by atoms with Crippen molar-refractivity contribution < 1.29 is 5.11 Å². The predicted molar refractivity (Wildman–Crippen MR) is 61.2 cm³/mol. The van der Waals surface area contributed by atoms with E-state index in [1.54, 1.807) is 17.1 Å². The zero-order valence-electron chi connectivity index (χ0n) is 9.40. The van der Waals surface area contributed by atoms with Crippen LogP contribution in [0.1, 0.15) is 25.8 Å². The molecule has 4 nitrogen and oxygen atoms in total. The van der Waals surface area contributed by atoms with Crippen LogP contribution in [-0.4, -0.2) is 27.0 Å². The summed E-state index contributed by atoms with van der Waals surface area (Å²) in [6, 6.07) is 0. The van der Waals surface area contributed by atoms with Crippen LogP contribution in [0.25, 0.3) is 6.20 Å². The minimum atomic E-state index is -0.212. The number of nitrogens with zero attached hydrogens (tertiary/aromatic N) is 2. The standard InChI is InChI=1S/C11H19N3O/c1-4-11(3,9-15)12-6-10-7-13-14(5-2)8-10/h5,7-8,12,15H,2,4,6,9H2,1,3H3. The molecular formula is C11H19N3O. The lowest BCUT2D eigenvalue weighted by atomic mass is 10.0. The van der Waals surface area contributed by atoms with Crippen LogP contribution in [0, 0.1) is 0 Å². The maximum absolute atomic E-state index is 9.22. The Morgan fingerprint density at radius 3 is 2.93 bits per heavy atom. The Labute approximate surface area is 90.6 Å². The third kappa shape index (κ3) is 3.18. The van der Waals surface area contributed by atoms with Gasteiger partial charge in [0.1, 0.15) is 0 Å². The number of hydrogen-bond donors (Lipinski definition) is 2. The number of aliphatic hydroxyl groups is 1. The van der Waals surface area contributed by atoms with Crippen molar-refractivity contribution in [2.24, 2.45) is 0 Å². The summed E-state index contributed by atoms with van der Waals surface area (Å²) in [5.74, 6) is 0. The molecule has 4 heteroatoms. The molecular weight excluding hydrogens is 190 g/mol. The third-order valence-corrected chi connectivity index (χ3v) is 2.69. The normalized spacial score (nSPS) is 14.9. The van der Waals surface area contributed by atoms with Crippen LogP contribution < -0.4 is 5.32 Å². The van der Waals surface area contributed by atoms with Gasteiger partial charge in [-0.2, -0.15) is 5.10 Å². The smallest absolute Gasteiger partial charge is 0.0610 e. The molecule has 2 N–H and O–H groups in total. The van der Waals surface area contributed by atoms with Crippen molar-refractivity contribution in [1.82, 2.24) is 15.1 Å². The molecule has 1 rings (SSSR count). The fourth-order valence-corrected chi connectivity index (χ4v) is 1.18. The van der Waals surface area contributed by atoms with Crippen LogP contribution in [0.4, 0.5) is 0 Å². The summed E-state index contributed by atoms with van der Waals surface area (Å²) in [5.41, 5.74) is 0.874. The first-order valence-electron chi connectivity index (χ1n) is 5.15. The van der Waals surface area contributed by atoms with Crippen molar-refractivity contribution in [3.8, 4) is 0 Å². The Hall–Kier alpha value is -1.13. The average molecular weight is 209 g/mol. The van der Waals surface area contributed by atoms with E-state index < -0.39 is 0 Å². The van der Waals surface area contributed by atoms with Crippen molar-refractivity contribution in [3.05, 3.63) is 24.5 Å². The lowest BCUT2D eigenvalue weighted by molar-refractivity contribution is 0.169. The first-order valence-corrected chi connectivity index (χ1v) is 5.15. The Bertz CT molecular complexity index is 315. The van der Waals surface area contributed by atoms with Crippen LogP contribution >= 0.6 is 0 Å². The average Bonchev–Trinajstić information content (AvgIpc) is 2.74. The summed E-state index contributed by atoms with van der Waals surface area (Å²) in [7, 11) is 0. The summed E-state index contributed by atoms with van der Waals surface area (Å²) in [4.78, 5) is 0. The summed E-state index contributed by atoms with van der Waals surface area (Å²) < 4.78 is 1.67. The summed E-state index contributed by atoms with van der Waals surface area (Å²) in [6.45, 7) is 8.53. The molecule has 0 bridgehead atoms. The first-order chi connectivity index (χ1) is 7.13. The number of rotatable bonds is 6. The predicted octanol–water partition coefficient (Wildman–Crippen LogP) is 1.23. The van der Waals surface area contributed by atoms with E-state index in [0.717, 1.165) is 12.0 Å². The summed E-state index contributed by atoms with van der Waals surface area (Å²) >= 11 is 0. The van der Waals surface area contributed by atoms with Gasteiger partial charge in [0.25, 0.3) is 0 Å². The summed E-state index contributed by atoms with van der Waals surface area (Å²) in [5, 5.41) is 16.6. The molecule has 15 heavy (non-hydrogen) atoms. The lowest BCUT2D eigenvalue weighted by Gasteiger charge is -2.26. The molecule has 1 heterocycles. The van der Waals surface area contributed by atoms with E-state index in [9.17, 15) is 5.11 Å². The maximum atomic E-state index is 9.22. The molecule has 0 saturated carbocycles. The molecule has 0 aliphatic rings. The van der Waals surface area contributed by atoms with E-state index in [1.165, 1.54) is 0 Å². The van der Waals surface area contributed by atoms with Gasteiger partial charge < -0.3 is 10.4 Å². The molecule has 1 unspecified atom stereocenters. The first kappa shape index (κ1) is 11.9. The second-order valence-electron chi connectivity index (χ2n) is 3.94. The highest BCUT2D eigenvalue weighted by atomic mass is 16.3. The molecule has 0 saturated heterocycles. The van der Waals surface area contributed by atoms with Crippen LogP contribution in [0.5, 0.6) is 0 Å². The molecule has 0 amide bonds. The Morgan fingerprint density at radius 2 is 2.47 bits per heavy atom. The summed E-state index contributed by atoms with van der Waals surface area (Å²) in [6.07, 6.45) is 6.24. The van der Waals surface area contributed by atoms with Crippen LogP contribution in [0.15, 0.2) is 19.0 Å². The Kier molecular flexibility index (Phi) is 4.05. The molecule has 0 fully saturated rings. The number of nitrogens with one attached hydrogen (secondary N) is 1. The molecule has 0 aliphatic heterocycles. The van der Waals surface area contributed by atoms with Gasteiger partial charge in [0, 0.05) is 30.0 Å². The van der Waals surface area contributed by atoms with Gasteiger partial charge in [0.05, 0.1) is 12.8 Å². The molecule has 0 spiro atoms. The Morgan fingerprint density at radius 1 is 1.73 bits per heavy atom. The molecule has 0 aliphatic carbocycles. The third-order valence-electron chi connectivity index (χ3n) is 2.69. The van der Waals surface area contributed by atoms with Crippen molar-refractivity contribution in [1.29, 1.82) is 0 Å². The second-order valence-corrected chi connectivity index (χ2v) is 3.94. The maximum Gasteiger partial charge on any atom is 0.0610 e. The van der Waals surface area contributed by atoms with Gasteiger partial charge in [-0.15, -0.1) is 0 Å². The molecule has 84 valence electrons. The van der Waals surface area contributed by atoms with E-state index in [4.69, 9.17) is 0 Å². The van der Waals surface area contributed by atoms with E-state index in [1.807, 2.05) is 13.1 Å². The highest BCUT2D eigenvalue weighted by Gasteiger charge is 2.19. The van der Waals surface area contributed by atoms with Gasteiger partial charge in [0.2, 0.25) is 0 Å². The van der Waals surface area contributed by atoms with E-state index in [-0.39, 0.29) is 12.1 Å². The van der Waals surface area contributed by atoms with E-state index >= 15 is 0 Å². The van der Waals surface area contributed by atoms with Gasteiger partial charge in [-0.3, -0.25) is 0 Å². The van der Waals surface area contributed by atoms with Crippen LogP contribution in [0.3, 0.4) is 0 Å². The molecule has 1 aromatic heterocycles. The van der Waals surface area contributed by atoms with Gasteiger partial charge in [-0.25, -0.2) is 4.68 Å². The highest BCUT2D eigenvalue weighted by Crippen LogP contribution is 2.09. The number of aromatic nitrogens is 2. The fraction of sp³-hybridized carbons (Fsp3) is 0.545. The van der Waals surface area contributed by atoms with Gasteiger partial charge in [-0.1, -0.05) is 13.5 Å². The van der Waals surface area contributed by atoms with Gasteiger partial charge in [0.15, 0.2) is 0 Å². The largest absolute Gasteiger partial charge is 0.394 e. The fourth-order valence-electron chi connectivity index (χ4n) is 1.18. The van der Waals surface area contributed by atoms with Crippen molar-refractivity contribution >= 4 is 6.20 Å². The van der Waals surface area contributed by atoms with E-state index in [2.05, 4.69) is 23.9 Å². The molecule has 1 aromatic rings. The minimum absolute atomic E-state index is 0.138. The van der Waals surface area contributed by atoms with Crippen molar-refractivity contribution in [2.75, 3.05) is 6.61 Å². The topological polar surface area (TPSA) is 50.1 Å². The SMILES string of the molecule is C=Cn1cc(CNC(C)(CC)CO)cn1.